The molecule has 2 aliphatic carbocycles. The molecule has 10 rings (SSSR count). The van der Waals surface area contributed by atoms with Crippen LogP contribution in [0, 0.1) is 0 Å². The number of rotatable bonds is 5. The van der Waals surface area contributed by atoms with Gasteiger partial charge in [-0.1, -0.05) is 161 Å². The first-order valence-corrected chi connectivity index (χ1v) is 18.8. The fraction of sp³-hybridized carbons (Fsp3) is 0.115. The van der Waals surface area contributed by atoms with Crippen molar-refractivity contribution in [2.24, 2.45) is 0 Å². The smallest absolute Gasteiger partial charge is 0.0543 e. The fourth-order valence-corrected chi connectivity index (χ4v) is 9.28. The van der Waals surface area contributed by atoms with Crippen LogP contribution in [0.5, 0.6) is 0 Å². The second kappa shape index (κ2) is 11.7. The molecule has 1 nitrogen and oxygen atoms in total. The first-order valence-electron chi connectivity index (χ1n) is 18.8. The molecule has 254 valence electrons. The Labute approximate surface area is 312 Å². The van der Waals surface area contributed by atoms with Crippen LogP contribution >= 0.6 is 0 Å². The summed E-state index contributed by atoms with van der Waals surface area (Å²) in [5.41, 5.74) is 19.2. The number of hydrogen-bond donors (Lipinski definition) is 0. The van der Waals surface area contributed by atoms with Crippen molar-refractivity contribution in [1.29, 1.82) is 0 Å². The lowest BCUT2D eigenvalue weighted by molar-refractivity contribution is 0.652. The van der Waals surface area contributed by atoms with Crippen LogP contribution in [-0.4, -0.2) is 0 Å². The molecule has 0 N–H and O–H groups in total. The predicted molar refractivity (Wildman–Crippen MR) is 225 cm³/mol. The van der Waals surface area contributed by atoms with Crippen molar-refractivity contribution in [1.82, 2.24) is 0 Å². The van der Waals surface area contributed by atoms with E-state index in [1.807, 2.05) is 0 Å². The maximum absolute atomic E-state index is 2.53. The Kier molecular flexibility index (Phi) is 6.94. The van der Waals surface area contributed by atoms with Crippen LogP contribution in [0.15, 0.2) is 176 Å². The number of anilines is 3. The highest BCUT2D eigenvalue weighted by Crippen LogP contribution is 2.58. The van der Waals surface area contributed by atoms with Crippen molar-refractivity contribution in [3.05, 3.63) is 198 Å². The molecule has 0 spiro atoms. The van der Waals surface area contributed by atoms with E-state index in [2.05, 4.69) is 209 Å². The molecule has 0 fully saturated rings. The van der Waals surface area contributed by atoms with E-state index in [1.165, 1.54) is 83.2 Å². The first kappa shape index (κ1) is 31.5. The number of hydrogen-bond acceptors (Lipinski definition) is 1. The SMILES string of the molecule is CC1(C)c2ccccc2-c2cc3c(cc21)-c1c(N(c2ccc(-c4ccccc4)cc2)c2ccc(-c4cccc5ccccc45)cc2)cccc1C3(C)C. The van der Waals surface area contributed by atoms with Gasteiger partial charge in [-0.25, -0.2) is 0 Å². The van der Waals surface area contributed by atoms with Gasteiger partial charge in [0.05, 0.1) is 5.69 Å². The van der Waals surface area contributed by atoms with Crippen molar-refractivity contribution >= 4 is 27.8 Å². The molecule has 0 amide bonds. The lowest BCUT2D eigenvalue weighted by Gasteiger charge is -2.29. The molecule has 0 bridgehead atoms. The Morgan fingerprint density at radius 3 is 1.66 bits per heavy atom. The van der Waals surface area contributed by atoms with Crippen molar-refractivity contribution in [2.75, 3.05) is 4.90 Å². The molecule has 0 saturated heterocycles. The molecule has 0 unspecified atom stereocenters. The van der Waals surface area contributed by atoms with Gasteiger partial charge in [0.25, 0.3) is 0 Å². The average molecular weight is 680 g/mol. The highest BCUT2D eigenvalue weighted by atomic mass is 15.1. The monoisotopic (exact) mass is 679 g/mol. The van der Waals surface area contributed by atoms with Crippen molar-refractivity contribution < 1.29 is 0 Å². The van der Waals surface area contributed by atoms with Crippen LogP contribution in [-0.2, 0) is 10.8 Å². The molecule has 2 aliphatic rings. The minimum absolute atomic E-state index is 0.0762. The average Bonchev–Trinajstić information content (AvgIpc) is 3.57. The van der Waals surface area contributed by atoms with E-state index in [-0.39, 0.29) is 10.8 Å². The summed E-state index contributed by atoms with van der Waals surface area (Å²) >= 11 is 0. The zero-order chi connectivity index (χ0) is 35.9. The highest BCUT2D eigenvalue weighted by Gasteiger charge is 2.42. The summed E-state index contributed by atoms with van der Waals surface area (Å²) in [5, 5.41) is 2.53. The summed E-state index contributed by atoms with van der Waals surface area (Å²) < 4.78 is 0. The number of fused-ring (bicyclic) bond motifs is 7. The molecule has 0 aromatic heterocycles. The van der Waals surface area contributed by atoms with E-state index in [1.54, 1.807) is 0 Å². The van der Waals surface area contributed by atoms with E-state index in [4.69, 9.17) is 0 Å². The zero-order valence-corrected chi connectivity index (χ0v) is 30.7. The van der Waals surface area contributed by atoms with Crippen LogP contribution in [0.4, 0.5) is 17.1 Å². The van der Waals surface area contributed by atoms with Gasteiger partial charge in [0.2, 0.25) is 0 Å². The maximum Gasteiger partial charge on any atom is 0.0543 e. The summed E-state index contributed by atoms with van der Waals surface area (Å²) in [6.07, 6.45) is 0. The molecule has 8 aromatic carbocycles. The molecule has 1 heteroatoms. The quantitative estimate of drug-likeness (QED) is 0.175. The van der Waals surface area contributed by atoms with E-state index >= 15 is 0 Å². The Balaban J connectivity index is 1.16. The van der Waals surface area contributed by atoms with Gasteiger partial charge in [-0.2, -0.15) is 0 Å². The number of nitrogens with zero attached hydrogens (tertiary/aromatic N) is 1. The third kappa shape index (κ3) is 4.77. The minimum atomic E-state index is -0.154. The van der Waals surface area contributed by atoms with E-state index in [0.717, 1.165) is 11.4 Å². The van der Waals surface area contributed by atoms with Crippen molar-refractivity contribution in [3.63, 3.8) is 0 Å². The van der Waals surface area contributed by atoms with Gasteiger partial charge in [0, 0.05) is 27.8 Å². The standard InChI is InChI=1S/C52H41N/c1-51(2)45-21-11-10-19-42(45)43-32-48-44(33-47(43)51)50-46(52(48,3)4)22-13-23-49(50)53(38-28-24-35(25-29-38)34-14-6-5-7-15-34)39-30-26-37(27-31-39)41-20-12-17-36-16-8-9-18-40(36)41/h5-33H,1-4H3. The molecular formula is C52H41N. The third-order valence-corrected chi connectivity index (χ3v) is 12.1. The first-order chi connectivity index (χ1) is 25.8. The van der Waals surface area contributed by atoms with Gasteiger partial charge in [-0.15, -0.1) is 0 Å². The third-order valence-electron chi connectivity index (χ3n) is 12.1. The molecular weight excluding hydrogens is 639 g/mol. The van der Waals surface area contributed by atoms with Gasteiger partial charge >= 0.3 is 0 Å². The highest BCUT2D eigenvalue weighted by molar-refractivity contribution is 5.99. The predicted octanol–water partition coefficient (Wildman–Crippen LogP) is 14.3. The second-order valence-electron chi connectivity index (χ2n) is 15.8. The van der Waals surface area contributed by atoms with Gasteiger partial charge in [-0.3, -0.25) is 0 Å². The lowest BCUT2D eigenvalue weighted by atomic mass is 9.79. The Hall–Kier alpha value is -6.18. The van der Waals surface area contributed by atoms with Gasteiger partial charge < -0.3 is 4.90 Å². The van der Waals surface area contributed by atoms with Crippen molar-refractivity contribution in [3.8, 4) is 44.5 Å². The Morgan fingerprint density at radius 2 is 0.887 bits per heavy atom. The largest absolute Gasteiger partial charge is 0.310 e. The van der Waals surface area contributed by atoms with Crippen LogP contribution in [0.3, 0.4) is 0 Å². The maximum atomic E-state index is 2.53. The topological polar surface area (TPSA) is 3.24 Å². The van der Waals surface area contributed by atoms with Crippen LogP contribution in [0.2, 0.25) is 0 Å². The summed E-state index contributed by atoms with van der Waals surface area (Å²) in [7, 11) is 0. The minimum Gasteiger partial charge on any atom is -0.310 e. The second-order valence-corrected chi connectivity index (χ2v) is 15.8. The summed E-state index contributed by atoms with van der Waals surface area (Å²) in [4.78, 5) is 2.47. The number of benzene rings is 8. The van der Waals surface area contributed by atoms with E-state index in [9.17, 15) is 0 Å². The van der Waals surface area contributed by atoms with Crippen LogP contribution in [0.1, 0.15) is 49.9 Å². The molecule has 0 radical (unpaired) electrons. The van der Waals surface area contributed by atoms with Crippen LogP contribution < -0.4 is 4.90 Å². The summed E-state index contributed by atoms with van der Waals surface area (Å²) in [6.45, 7) is 9.57. The Morgan fingerprint density at radius 1 is 0.358 bits per heavy atom. The van der Waals surface area contributed by atoms with Crippen LogP contribution in [0.25, 0.3) is 55.3 Å². The zero-order valence-electron chi connectivity index (χ0n) is 30.7. The Bertz CT molecular complexity index is 2690. The lowest BCUT2D eigenvalue weighted by Crippen LogP contribution is -2.17. The molecule has 0 atom stereocenters. The van der Waals surface area contributed by atoms with Gasteiger partial charge in [-0.05, 0) is 114 Å². The molecule has 53 heavy (non-hydrogen) atoms. The molecule has 8 aromatic rings. The molecule has 0 aliphatic heterocycles. The summed E-state index contributed by atoms with van der Waals surface area (Å²) in [5.74, 6) is 0. The molecule has 0 saturated carbocycles. The van der Waals surface area contributed by atoms with Gasteiger partial charge in [0.15, 0.2) is 0 Å². The molecule has 0 heterocycles. The normalized spacial score (nSPS) is 14.3. The van der Waals surface area contributed by atoms with Crippen molar-refractivity contribution in [2.45, 2.75) is 38.5 Å². The fourth-order valence-electron chi connectivity index (χ4n) is 9.28. The van der Waals surface area contributed by atoms with E-state index in [0.29, 0.717) is 0 Å². The van der Waals surface area contributed by atoms with Gasteiger partial charge in [0.1, 0.15) is 0 Å². The van der Waals surface area contributed by atoms with E-state index < -0.39 is 0 Å². The summed E-state index contributed by atoms with van der Waals surface area (Å²) in [6, 6.07) is 65.1.